The Morgan fingerprint density at radius 3 is 3.07 bits per heavy atom. The molecule has 0 fully saturated rings. The van der Waals surface area contributed by atoms with Crippen LogP contribution in [0.25, 0.3) is 0 Å². The van der Waals surface area contributed by atoms with Crippen molar-refractivity contribution >= 4 is 5.82 Å². The van der Waals surface area contributed by atoms with Crippen molar-refractivity contribution in [3.05, 3.63) is 12.3 Å². The first-order valence-electron chi connectivity index (χ1n) is 5.05. The minimum atomic E-state index is 0.312. The average Bonchev–Trinajstić information content (AvgIpc) is 2.54. The number of methoxy groups -OCH3 is 1. The molecule has 1 unspecified atom stereocenters. The molecule has 0 saturated heterocycles. The molecule has 80 valence electrons. The second-order valence-corrected chi connectivity index (χ2v) is 3.44. The third kappa shape index (κ3) is 3.03. The van der Waals surface area contributed by atoms with Crippen LogP contribution in [0.15, 0.2) is 12.3 Å². The van der Waals surface area contributed by atoms with E-state index in [1.54, 1.807) is 7.11 Å². The normalized spacial score (nSPS) is 12.8. The molecule has 0 amide bonds. The predicted molar refractivity (Wildman–Crippen MR) is 57.5 cm³/mol. The van der Waals surface area contributed by atoms with Gasteiger partial charge in [-0.05, 0) is 13.3 Å². The summed E-state index contributed by atoms with van der Waals surface area (Å²) in [7, 11) is 1.71. The summed E-state index contributed by atoms with van der Waals surface area (Å²) >= 11 is 0. The van der Waals surface area contributed by atoms with Crippen molar-refractivity contribution in [3.63, 3.8) is 0 Å². The fourth-order valence-corrected chi connectivity index (χ4v) is 1.39. The van der Waals surface area contributed by atoms with Gasteiger partial charge in [-0.15, -0.1) is 0 Å². The highest BCUT2D eigenvalue weighted by atomic mass is 16.5. The van der Waals surface area contributed by atoms with Crippen molar-refractivity contribution in [1.82, 2.24) is 9.78 Å². The van der Waals surface area contributed by atoms with E-state index in [0.717, 1.165) is 18.8 Å². The molecule has 1 N–H and O–H groups in total. The molecule has 4 heteroatoms. The van der Waals surface area contributed by atoms with Crippen LogP contribution in [0.2, 0.25) is 0 Å². The molecule has 0 aliphatic rings. The molecule has 4 nitrogen and oxygen atoms in total. The third-order valence-corrected chi connectivity index (χ3v) is 1.96. The van der Waals surface area contributed by atoms with Crippen molar-refractivity contribution < 1.29 is 4.74 Å². The number of ether oxygens (including phenoxy) is 1. The summed E-state index contributed by atoms with van der Waals surface area (Å²) in [5.41, 5.74) is 0. The van der Waals surface area contributed by atoms with E-state index < -0.39 is 0 Å². The molecule has 1 atom stereocenters. The van der Waals surface area contributed by atoms with E-state index in [1.165, 1.54) is 0 Å². The fraction of sp³-hybridized carbons (Fsp3) is 0.700. The molecule has 0 radical (unpaired) electrons. The van der Waals surface area contributed by atoms with Crippen molar-refractivity contribution in [1.29, 1.82) is 0 Å². The molecule has 1 aromatic rings. The van der Waals surface area contributed by atoms with Gasteiger partial charge in [0.05, 0.1) is 12.8 Å². The zero-order chi connectivity index (χ0) is 10.4. The van der Waals surface area contributed by atoms with Crippen LogP contribution in [0, 0.1) is 0 Å². The monoisotopic (exact) mass is 197 g/mol. The highest BCUT2D eigenvalue weighted by Crippen LogP contribution is 2.08. The molecular weight excluding hydrogens is 178 g/mol. The maximum atomic E-state index is 5.06. The number of rotatable bonds is 6. The van der Waals surface area contributed by atoms with Crippen LogP contribution in [0.3, 0.4) is 0 Å². The topological polar surface area (TPSA) is 39.1 Å². The van der Waals surface area contributed by atoms with Crippen molar-refractivity contribution in [2.75, 3.05) is 19.0 Å². The fourth-order valence-electron chi connectivity index (χ4n) is 1.39. The van der Waals surface area contributed by atoms with Gasteiger partial charge in [-0.25, -0.2) is 4.68 Å². The van der Waals surface area contributed by atoms with Gasteiger partial charge in [-0.1, -0.05) is 6.92 Å². The Kier molecular flexibility index (Phi) is 4.46. The Balaban J connectivity index is 2.52. The summed E-state index contributed by atoms with van der Waals surface area (Å²) in [5.74, 6) is 1.07. The quantitative estimate of drug-likeness (QED) is 0.755. The Labute approximate surface area is 85.3 Å². The molecule has 0 aliphatic heterocycles. The molecule has 0 spiro atoms. The Bertz CT molecular complexity index is 260. The van der Waals surface area contributed by atoms with Crippen LogP contribution < -0.4 is 5.32 Å². The zero-order valence-corrected chi connectivity index (χ0v) is 9.16. The number of hydrogen-bond donors (Lipinski definition) is 1. The highest BCUT2D eigenvalue weighted by Gasteiger charge is 2.05. The van der Waals surface area contributed by atoms with Crippen LogP contribution in [0.4, 0.5) is 5.82 Å². The summed E-state index contributed by atoms with van der Waals surface area (Å²) in [6, 6.07) is 2.30. The average molecular weight is 197 g/mol. The molecule has 0 aliphatic carbocycles. The molecule has 1 heterocycles. The minimum absolute atomic E-state index is 0.312. The Hall–Kier alpha value is -1.03. The number of nitrogens with one attached hydrogen (secondary N) is 1. The van der Waals surface area contributed by atoms with Gasteiger partial charge in [0.15, 0.2) is 0 Å². The first-order chi connectivity index (χ1) is 6.77. The lowest BCUT2D eigenvalue weighted by Crippen LogP contribution is -2.22. The van der Waals surface area contributed by atoms with Gasteiger partial charge in [0.2, 0.25) is 0 Å². The van der Waals surface area contributed by atoms with Gasteiger partial charge in [0.25, 0.3) is 0 Å². The maximum absolute atomic E-state index is 5.06. The zero-order valence-electron chi connectivity index (χ0n) is 9.16. The van der Waals surface area contributed by atoms with Gasteiger partial charge >= 0.3 is 0 Å². The van der Waals surface area contributed by atoms with Crippen LogP contribution in [-0.4, -0.2) is 29.5 Å². The van der Waals surface area contributed by atoms with Crippen molar-refractivity contribution in [2.45, 2.75) is 32.9 Å². The SMILES string of the molecule is CCCn1nccc1NC(C)COC. The van der Waals surface area contributed by atoms with Gasteiger partial charge < -0.3 is 10.1 Å². The lowest BCUT2D eigenvalue weighted by atomic mass is 10.3. The first-order valence-corrected chi connectivity index (χ1v) is 5.05. The van der Waals surface area contributed by atoms with E-state index in [1.807, 2.05) is 16.9 Å². The number of aryl methyl sites for hydroxylation is 1. The molecule has 0 bridgehead atoms. The van der Waals surface area contributed by atoms with Crippen LogP contribution in [0.1, 0.15) is 20.3 Å². The van der Waals surface area contributed by atoms with E-state index in [0.29, 0.717) is 12.6 Å². The second-order valence-electron chi connectivity index (χ2n) is 3.44. The third-order valence-electron chi connectivity index (χ3n) is 1.96. The lowest BCUT2D eigenvalue weighted by molar-refractivity contribution is 0.190. The summed E-state index contributed by atoms with van der Waals surface area (Å²) < 4.78 is 7.04. The van der Waals surface area contributed by atoms with E-state index in [4.69, 9.17) is 4.74 Å². The van der Waals surface area contributed by atoms with Gasteiger partial charge in [0.1, 0.15) is 5.82 Å². The van der Waals surface area contributed by atoms with Gasteiger partial charge in [-0.2, -0.15) is 5.10 Å². The number of hydrogen-bond acceptors (Lipinski definition) is 3. The van der Waals surface area contributed by atoms with Crippen LogP contribution >= 0.6 is 0 Å². The van der Waals surface area contributed by atoms with E-state index in [9.17, 15) is 0 Å². The minimum Gasteiger partial charge on any atom is -0.383 e. The number of aromatic nitrogens is 2. The summed E-state index contributed by atoms with van der Waals surface area (Å²) in [4.78, 5) is 0. The molecule has 14 heavy (non-hydrogen) atoms. The molecule has 0 saturated carbocycles. The van der Waals surface area contributed by atoms with Gasteiger partial charge in [0, 0.05) is 25.8 Å². The predicted octanol–water partition coefficient (Wildman–Crippen LogP) is 1.74. The molecule has 1 aromatic heterocycles. The summed E-state index contributed by atoms with van der Waals surface area (Å²) in [5, 5.41) is 7.58. The maximum Gasteiger partial charge on any atom is 0.124 e. The van der Waals surface area contributed by atoms with Crippen LogP contribution in [-0.2, 0) is 11.3 Å². The summed E-state index contributed by atoms with van der Waals surface area (Å²) in [6.07, 6.45) is 2.91. The number of nitrogens with zero attached hydrogens (tertiary/aromatic N) is 2. The highest BCUT2D eigenvalue weighted by molar-refractivity contribution is 5.34. The smallest absolute Gasteiger partial charge is 0.124 e. The Morgan fingerprint density at radius 1 is 1.64 bits per heavy atom. The Morgan fingerprint density at radius 2 is 2.43 bits per heavy atom. The van der Waals surface area contributed by atoms with Crippen molar-refractivity contribution in [3.8, 4) is 0 Å². The molecular formula is C10H19N3O. The van der Waals surface area contributed by atoms with E-state index in [-0.39, 0.29) is 0 Å². The standard InChI is InChI=1S/C10H19N3O/c1-4-7-13-10(5-6-11-13)12-9(2)8-14-3/h5-6,9,12H,4,7-8H2,1-3H3. The van der Waals surface area contributed by atoms with Crippen molar-refractivity contribution in [2.24, 2.45) is 0 Å². The van der Waals surface area contributed by atoms with E-state index >= 15 is 0 Å². The largest absolute Gasteiger partial charge is 0.383 e. The lowest BCUT2D eigenvalue weighted by Gasteiger charge is -2.15. The van der Waals surface area contributed by atoms with Crippen LogP contribution in [0.5, 0.6) is 0 Å². The van der Waals surface area contributed by atoms with Gasteiger partial charge in [-0.3, -0.25) is 0 Å². The summed E-state index contributed by atoms with van der Waals surface area (Å²) in [6.45, 7) is 5.89. The van der Waals surface area contributed by atoms with E-state index in [2.05, 4.69) is 24.3 Å². The molecule has 1 rings (SSSR count). The second kappa shape index (κ2) is 5.65. The molecule has 0 aromatic carbocycles. The number of anilines is 1. The first kappa shape index (κ1) is 11.0.